The number of fused-ring (bicyclic) bond motifs is 1. The molecule has 12 heteroatoms. The Kier molecular flexibility index (Phi) is 5.24. The van der Waals surface area contributed by atoms with Crippen molar-refractivity contribution in [1.29, 1.82) is 0 Å². The van der Waals surface area contributed by atoms with Crippen molar-refractivity contribution < 1.29 is 18.6 Å². The number of phenolic OH excluding ortho intramolecular Hbond substituents is 1. The number of methoxy groups -OCH3 is 1. The molecular weight excluding hydrogens is 446 g/mol. The van der Waals surface area contributed by atoms with Gasteiger partial charge in [-0.2, -0.15) is 5.10 Å². The number of nitrogens with zero attached hydrogens (tertiary/aromatic N) is 7. The van der Waals surface area contributed by atoms with E-state index in [9.17, 15) is 5.11 Å². The zero-order valence-corrected chi connectivity index (χ0v) is 18.1. The molecule has 0 aliphatic carbocycles. The molecule has 0 atom stereocenters. The van der Waals surface area contributed by atoms with Crippen molar-refractivity contribution in [2.24, 2.45) is 7.05 Å². The fraction of sp³-hybridized carbons (Fsp3) is 0.136. The zero-order chi connectivity index (χ0) is 23.8. The van der Waals surface area contributed by atoms with Crippen LogP contribution < -0.4 is 9.64 Å². The van der Waals surface area contributed by atoms with Gasteiger partial charge in [-0.25, -0.2) is 23.7 Å². The molecule has 4 aromatic heterocycles. The van der Waals surface area contributed by atoms with Crippen molar-refractivity contribution in [3.8, 4) is 22.8 Å². The van der Waals surface area contributed by atoms with E-state index in [0.29, 0.717) is 17.0 Å². The second kappa shape index (κ2) is 8.39. The van der Waals surface area contributed by atoms with Crippen molar-refractivity contribution in [2.75, 3.05) is 12.0 Å². The van der Waals surface area contributed by atoms with Crippen LogP contribution in [0.5, 0.6) is 11.5 Å². The first-order valence-corrected chi connectivity index (χ1v) is 10.1. The lowest BCUT2D eigenvalue weighted by Gasteiger charge is -2.25. The highest BCUT2D eigenvalue weighted by atomic mass is 19.1. The number of hydrogen-bond acceptors (Lipinski definition) is 8. The number of anilines is 2. The van der Waals surface area contributed by atoms with E-state index in [1.807, 2.05) is 0 Å². The molecule has 0 bridgehead atoms. The lowest BCUT2D eigenvalue weighted by molar-refractivity contribution is 0.371. The molecule has 0 aliphatic rings. The minimum absolute atomic E-state index is 0.0817. The number of rotatable bonds is 6. The van der Waals surface area contributed by atoms with Crippen molar-refractivity contribution in [3.05, 3.63) is 66.6 Å². The van der Waals surface area contributed by atoms with Crippen molar-refractivity contribution in [2.45, 2.75) is 6.54 Å². The summed E-state index contributed by atoms with van der Waals surface area (Å²) in [5, 5.41) is 14.2. The van der Waals surface area contributed by atoms with Gasteiger partial charge < -0.3 is 19.7 Å². The van der Waals surface area contributed by atoms with Crippen LogP contribution in [0.3, 0.4) is 0 Å². The van der Waals surface area contributed by atoms with Crippen LogP contribution in [0.2, 0.25) is 0 Å². The molecule has 5 aromatic rings. The van der Waals surface area contributed by atoms with E-state index in [-0.39, 0.29) is 23.8 Å². The maximum absolute atomic E-state index is 15.3. The van der Waals surface area contributed by atoms with Crippen LogP contribution in [-0.4, -0.2) is 46.9 Å². The minimum atomic E-state index is -1.16. The van der Waals surface area contributed by atoms with Gasteiger partial charge in [0.15, 0.2) is 28.8 Å². The first-order valence-electron chi connectivity index (χ1n) is 10.1. The van der Waals surface area contributed by atoms with Crippen LogP contribution in [0, 0.1) is 11.6 Å². The molecule has 2 N–H and O–H groups in total. The molecule has 172 valence electrons. The third-order valence-corrected chi connectivity index (χ3v) is 5.15. The summed E-state index contributed by atoms with van der Waals surface area (Å²) in [4.78, 5) is 21.7. The second-order valence-corrected chi connectivity index (χ2v) is 7.37. The first kappa shape index (κ1) is 21.2. The quantitative estimate of drug-likeness (QED) is 0.392. The summed E-state index contributed by atoms with van der Waals surface area (Å²) in [5.41, 5.74) is 1.49. The number of imidazole rings is 1. The number of benzene rings is 1. The molecule has 4 heterocycles. The summed E-state index contributed by atoms with van der Waals surface area (Å²) >= 11 is 0. The van der Waals surface area contributed by atoms with Gasteiger partial charge in [-0.3, -0.25) is 9.67 Å². The lowest BCUT2D eigenvalue weighted by Crippen LogP contribution is -2.21. The van der Waals surface area contributed by atoms with E-state index >= 15 is 8.78 Å². The van der Waals surface area contributed by atoms with Crippen LogP contribution in [0.25, 0.3) is 22.4 Å². The number of aromatic hydroxyl groups is 1. The number of halogens is 2. The number of hydrogen-bond donors (Lipinski definition) is 2. The molecule has 5 rings (SSSR count). The Morgan fingerprint density at radius 2 is 2.00 bits per heavy atom. The Bertz CT molecular complexity index is 1490. The van der Waals surface area contributed by atoms with Gasteiger partial charge in [0, 0.05) is 37.3 Å². The Morgan fingerprint density at radius 3 is 2.71 bits per heavy atom. The van der Waals surface area contributed by atoms with E-state index in [2.05, 4.69) is 30.0 Å². The molecule has 0 unspecified atom stereocenters. The smallest absolute Gasteiger partial charge is 0.191 e. The fourth-order valence-corrected chi connectivity index (χ4v) is 3.51. The molecule has 0 saturated heterocycles. The van der Waals surface area contributed by atoms with Crippen molar-refractivity contribution >= 4 is 22.7 Å². The number of ether oxygens (including phenoxy) is 1. The van der Waals surface area contributed by atoms with Crippen LogP contribution in [-0.2, 0) is 13.6 Å². The molecule has 10 nitrogen and oxygen atoms in total. The lowest BCUT2D eigenvalue weighted by atomic mass is 10.2. The second-order valence-electron chi connectivity index (χ2n) is 7.37. The van der Waals surface area contributed by atoms with E-state index < -0.39 is 23.1 Å². The Hall–Kier alpha value is -4.61. The summed E-state index contributed by atoms with van der Waals surface area (Å²) in [7, 11) is 3.01. The van der Waals surface area contributed by atoms with Gasteiger partial charge in [-0.05, 0) is 12.1 Å². The van der Waals surface area contributed by atoms with Crippen LogP contribution in [0.15, 0.2) is 49.2 Å². The Labute approximate surface area is 191 Å². The minimum Gasteiger partial charge on any atom is -0.505 e. The van der Waals surface area contributed by atoms with Crippen molar-refractivity contribution in [3.63, 3.8) is 0 Å². The number of aromatic nitrogens is 7. The van der Waals surface area contributed by atoms with E-state index in [1.54, 1.807) is 48.6 Å². The van der Waals surface area contributed by atoms with Crippen molar-refractivity contribution in [1.82, 2.24) is 34.7 Å². The number of aryl methyl sites for hydroxylation is 1. The number of pyridine rings is 1. The monoisotopic (exact) mass is 464 g/mol. The normalized spacial score (nSPS) is 11.2. The topological polar surface area (TPSA) is 118 Å². The number of phenols is 1. The third kappa shape index (κ3) is 3.74. The van der Waals surface area contributed by atoms with Crippen LogP contribution >= 0.6 is 0 Å². The van der Waals surface area contributed by atoms with Crippen LogP contribution in [0.1, 0.15) is 5.82 Å². The first-order chi connectivity index (χ1) is 16.4. The standard InChI is InChI=1S/C22H18F2N8O2/c1-31-10-12(8-28-31)14-9-27-13-3-4-18(30-22(13)29-14)32(11-17-25-5-6-26-17)21-19(23)15(33)7-16(34-2)20(21)24/h3-10,33H,11H2,1-2H3,(H,25,26). The van der Waals surface area contributed by atoms with Gasteiger partial charge in [0.05, 0.1) is 31.7 Å². The van der Waals surface area contributed by atoms with E-state index in [4.69, 9.17) is 4.74 Å². The highest BCUT2D eigenvalue weighted by Gasteiger charge is 2.27. The van der Waals surface area contributed by atoms with Gasteiger partial charge in [0.1, 0.15) is 22.8 Å². The SMILES string of the molecule is COc1cc(O)c(F)c(N(Cc2ncc[nH]2)c2ccc3ncc(-c4cnn(C)c4)nc3n2)c1F. The van der Waals surface area contributed by atoms with E-state index in [0.717, 1.165) is 11.6 Å². The molecule has 34 heavy (non-hydrogen) atoms. The average Bonchev–Trinajstić information content (AvgIpc) is 3.52. The highest BCUT2D eigenvalue weighted by Crippen LogP contribution is 2.40. The molecule has 0 aliphatic heterocycles. The molecular formula is C22H18F2N8O2. The zero-order valence-electron chi connectivity index (χ0n) is 18.1. The average molecular weight is 464 g/mol. The molecule has 0 fully saturated rings. The Balaban J connectivity index is 1.67. The summed E-state index contributed by atoms with van der Waals surface area (Å²) in [6.45, 7) is -0.0817. The summed E-state index contributed by atoms with van der Waals surface area (Å²) in [6.07, 6.45) is 8.13. The van der Waals surface area contributed by atoms with Gasteiger partial charge in [-0.1, -0.05) is 0 Å². The summed E-state index contributed by atoms with van der Waals surface area (Å²) in [6, 6.07) is 4.07. The van der Waals surface area contributed by atoms with Gasteiger partial charge in [0.25, 0.3) is 0 Å². The molecule has 1 aromatic carbocycles. The predicted octanol–water partition coefficient (Wildman–Crippen LogP) is 3.48. The molecule has 0 saturated carbocycles. The number of aromatic amines is 1. The molecule has 0 radical (unpaired) electrons. The maximum Gasteiger partial charge on any atom is 0.191 e. The number of nitrogens with one attached hydrogen (secondary N) is 1. The van der Waals surface area contributed by atoms with Gasteiger partial charge in [0.2, 0.25) is 0 Å². The van der Waals surface area contributed by atoms with E-state index in [1.165, 1.54) is 18.2 Å². The largest absolute Gasteiger partial charge is 0.505 e. The number of H-pyrrole nitrogens is 1. The summed E-state index contributed by atoms with van der Waals surface area (Å²) in [5.74, 6) is -2.68. The highest BCUT2D eigenvalue weighted by molar-refractivity contribution is 5.77. The van der Waals surface area contributed by atoms with Gasteiger partial charge >= 0.3 is 0 Å². The van der Waals surface area contributed by atoms with Crippen LogP contribution in [0.4, 0.5) is 20.3 Å². The molecule has 0 spiro atoms. The maximum atomic E-state index is 15.3. The third-order valence-electron chi connectivity index (χ3n) is 5.15. The summed E-state index contributed by atoms with van der Waals surface area (Å²) < 4.78 is 36.9. The molecule has 0 amide bonds. The fourth-order valence-electron chi connectivity index (χ4n) is 3.51. The van der Waals surface area contributed by atoms with Gasteiger partial charge in [-0.15, -0.1) is 0 Å². The predicted molar refractivity (Wildman–Crippen MR) is 119 cm³/mol. The Morgan fingerprint density at radius 1 is 1.15 bits per heavy atom.